The molecule has 1 aliphatic heterocycles. The molecule has 8 heteroatoms. The number of hydrogen-bond donors (Lipinski definition) is 0. The van der Waals surface area contributed by atoms with Gasteiger partial charge in [-0.1, -0.05) is 27.5 Å². The van der Waals surface area contributed by atoms with E-state index in [4.69, 9.17) is 25.8 Å². The summed E-state index contributed by atoms with van der Waals surface area (Å²) in [6.45, 7) is 1.85. The molecule has 0 spiro atoms. The van der Waals surface area contributed by atoms with E-state index in [0.717, 1.165) is 10.0 Å². The van der Waals surface area contributed by atoms with Crippen molar-refractivity contribution in [3.8, 4) is 0 Å². The maximum absolute atomic E-state index is 12.2. The van der Waals surface area contributed by atoms with Gasteiger partial charge in [0.2, 0.25) is 0 Å². The van der Waals surface area contributed by atoms with Crippen LogP contribution >= 0.6 is 27.5 Å². The molecule has 0 atom stereocenters. The second-order valence-corrected chi connectivity index (χ2v) is 6.07. The predicted octanol–water partition coefficient (Wildman–Crippen LogP) is 2.81. The molecule has 1 aromatic carbocycles. The predicted molar refractivity (Wildman–Crippen MR) is 88.2 cm³/mol. The zero-order chi connectivity index (χ0) is 17.1. The largest absolute Gasteiger partial charge is 0.466 e. The van der Waals surface area contributed by atoms with Crippen LogP contribution in [0.4, 0.5) is 5.69 Å². The Morgan fingerprint density at radius 3 is 2.52 bits per heavy atom. The fourth-order valence-corrected chi connectivity index (χ4v) is 3.01. The normalized spacial score (nSPS) is 14.7. The fourth-order valence-electron chi connectivity index (χ4n) is 2.24. The quantitative estimate of drug-likeness (QED) is 0.722. The average molecular weight is 405 g/mol. The van der Waals surface area contributed by atoms with Gasteiger partial charge in [0.05, 0.1) is 37.1 Å². The molecule has 1 aliphatic rings. The van der Waals surface area contributed by atoms with Crippen LogP contribution < -0.4 is 4.90 Å². The number of benzene rings is 1. The van der Waals surface area contributed by atoms with Crippen molar-refractivity contribution in [1.29, 1.82) is 0 Å². The minimum Gasteiger partial charge on any atom is -0.466 e. The minimum absolute atomic E-state index is 0.0434. The molecular formula is C15H15BrClNO5. The number of halogens is 2. The first kappa shape index (κ1) is 17.8. The van der Waals surface area contributed by atoms with Crippen molar-refractivity contribution < 1.29 is 23.8 Å². The monoisotopic (exact) mass is 403 g/mol. The van der Waals surface area contributed by atoms with E-state index in [-0.39, 0.29) is 24.6 Å². The number of ether oxygens (including phenoxy) is 3. The van der Waals surface area contributed by atoms with Gasteiger partial charge in [0.15, 0.2) is 0 Å². The number of carbonyl (C=O) groups excluding carboxylic acids is 2. The van der Waals surface area contributed by atoms with Gasteiger partial charge >= 0.3 is 11.9 Å². The Kier molecular flexibility index (Phi) is 5.67. The minimum atomic E-state index is -0.664. The Bertz CT molecular complexity index is 689. The zero-order valence-electron chi connectivity index (χ0n) is 12.8. The lowest BCUT2D eigenvalue weighted by Crippen LogP contribution is -2.39. The summed E-state index contributed by atoms with van der Waals surface area (Å²) in [4.78, 5) is 25.7. The van der Waals surface area contributed by atoms with Crippen molar-refractivity contribution in [3.63, 3.8) is 0 Å². The molecule has 0 fully saturated rings. The third kappa shape index (κ3) is 3.52. The molecule has 23 heavy (non-hydrogen) atoms. The van der Waals surface area contributed by atoms with Gasteiger partial charge in [-0.15, -0.1) is 0 Å². The Hall–Kier alpha value is -1.57. The molecule has 1 heterocycles. The van der Waals surface area contributed by atoms with Crippen molar-refractivity contribution in [2.75, 3.05) is 32.5 Å². The number of carbonyl (C=O) groups is 2. The summed E-state index contributed by atoms with van der Waals surface area (Å²) < 4.78 is 15.7. The van der Waals surface area contributed by atoms with E-state index in [9.17, 15) is 9.59 Å². The lowest BCUT2D eigenvalue weighted by atomic mass is 10.1. The highest BCUT2D eigenvalue weighted by atomic mass is 79.9. The van der Waals surface area contributed by atoms with Gasteiger partial charge in [-0.25, -0.2) is 9.59 Å². The number of esters is 2. The molecule has 6 nitrogen and oxygen atoms in total. The molecule has 0 aromatic heterocycles. The summed E-state index contributed by atoms with van der Waals surface area (Å²) >= 11 is 9.76. The van der Waals surface area contributed by atoms with Gasteiger partial charge in [0, 0.05) is 4.47 Å². The zero-order valence-corrected chi connectivity index (χ0v) is 15.2. The van der Waals surface area contributed by atoms with Gasteiger partial charge in [0.25, 0.3) is 0 Å². The summed E-state index contributed by atoms with van der Waals surface area (Å²) in [6.07, 6.45) is 0. The summed E-state index contributed by atoms with van der Waals surface area (Å²) in [6, 6.07) is 3.58. The maximum Gasteiger partial charge on any atom is 0.355 e. The summed E-state index contributed by atoms with van der Waals surface area (Å²) in [5, 5.41) is 0.448. The number of nitrogens with zero attached hydrogens (tertiary/aromatic N) is 1. The van der Waals surface area contributed by atoms with Crippen molar-refractivity contribution in [2.45, 2.75) is 6.92 Å². The average Bonchev–Trinajstić information content (AvgIpc) is 2.55. The first-order valence-electron chi connectivity index (χ1n) is 6.61. The molecule has 0 amide bonds. The molecule has 0 aliphatic carbocycles. The standard InChI is InChI=1S/C15H15BrClNO5/c1-8-4-9(16)5-11(12(8)17)18-7-23-6-10(14(19)21-2)13(18)15(20)22-3/h4-5H,6-7H2,1-3H3. The highest BCUT2D eigenvalue weighted by Crippen LogP contribution is 2.36. The molecule has 1 aromatic rings. The summed E-state index contributed by atoms with van der Waals surface area (Å²) in [5.41, 5.74) is 1.48. The van der Waals surface area contributed by atoms with E-state index in [2.05, 4.69) is 15.9 Å². The van der Waals surface area contributed by atoms with E-state index in [1.807, 2.05) is 13.0 Å². The van der Waals surface area contributed by atoms with Gasteiger partial charge in [-0.2, -0.15) is 0 Å². The third-order valence-corrected chi connectivity index (χ3v) is 4.27. The summed E-state index contributed by atoms with van der Waals surface area (Å²) in [5.74, 6) is -1.32. The topological polar surface area (TPSA) is 65.1 Å². The Morgan fingerprint density at radius 1 is 1.26 bits per heavy atom. The van der Waals surface area contributed by atoms with Crippen LogP contribution in [0.2, 0.25) is 5.02 Å². The lowest BCUT2D eigenvalue weighted by molar-refractivity contribution is -0.140. The van der Waals surface area contributed by atoms with Crippen LogP contribution in [-0.2, 0) is 23.8 Å². The fraction of sp³-hybridized carbons (Fsp3) is 0.333. The van der Waals surface area contributed by atoms with Crippen LogP contribution in [0, 0.1) is 6.92 Å². The van der Waals surface area contributed by atoms with Crippen molar-refractivity contribution >= 4 is 45.2 Å². The number of hydrogen-bond acceptors (Lipinski definition) is 6. The first-order chi connectivity index (χ1) is 10.9. The third-order valence-electron chi connectivity index (χ3n) is 3.32. The van der Waals surface area contributed by atoms with E-state index in [1.165, 1.54) is 19.1 Å². The van der Waals surface area contributed by atoms with Gasteiger partial charge in [-0.3, -0.25) is 0 Å². The Balaban J connectivity index is 2.65. The lowest BCUT2D eigenvalue weighted by Gasteiger charge is -2.32. The van der Waals surface area contributed by atoms with Crippen LogP contribution in [0.1, 0.15) is 5.56 Å². The summed E-state index contributed by atoms with van der Waals surface area (Å²) in [7, 11) is 2.48. The van der Waals surface area contributed by atoms with Gasteiger partial charge < -0.3 is 19.1 Å². The molecule has 0 unspecified atom stereocenters. The second-order valence-electron chi connectivity index (χ2n) is 4.77. The van der Waals surface area contributed by atoms with Crippen LogP contribution in [0.5, 0.6) is 0 Å². The molecule has 0 saturated carbocycles. The molecule has 124 valence electrons. The SMILES string of the molecule is COC(=O)C1=C(C(=O)OC)N(c2cc(Br)cc(C)c2Cl)COC1. The maximum atomic E-state index is 12.2. The number of anilines is 1. The van der Waals surface area contributed by atoms with Gasteiger partial charge in [0.1, 0.15) is 12.4 Å². The van der Waals surface area contributed by atoms with Crippen LogP contribution in [0.15, 0.2) is 27.9 Å². The molecule has 0 bridgehead atoms. The van der Waals surface area contributed by atoms with E-state index in [1.54, 1.807) is 6.07 Å². The molecule has 2 rings (SSSR count). The number of aryl methyl sites for hydroxylation is 1. The Morgan fingerprint density at radius 2 is 1.91 bits per heavy atom. The molecule has 0 saturated heterocycles. The highest BCUT2D eigenvalue weighted by molar-refractivity contribution is 9.10. The Labute approximate surface area is 147 Å². The van der Waals surface area contributed by atoms with Crippen molar-refractivity contribution in [3.05, 3.63) is 38.5 Å². The smallest absolute Gasteiger partial charge is 0.355 e. The number of methoxy groups -OCH3 is 2. The van der Waals surface area contributed by atoms with Crippen molar-refractivity contribution in [2.24, 2.45) is 0 Å². The van der Waals surface area contributed by atoms with Crippen LogP contribution in [0.3, 0.4) is 0 Å². The second kappa shape index (κ2) is 7.33. The van der Waals surface area contributed by atoms with E-state index in [0.29, 0.717) is 10.7 Å². The molecular weight excluding hydrogens is 390 g/mol. The number of rotatable bonds is 3. The van der Waals surface area contributed by atoms with E-state index < -0.39 is 11.9 Å². The van der Waals surface area contributed by atoms with Crippen molar-refractivity contribution in [1.82, 2.24) is 0 Å². The van der Waals surface area contributed by atoms with E-state index >= 15 is 0 Å². The molecule has 0 N–H and O–H groups in total. The first-order valence-corrected chi connectivity index (χ1v) is 7.78. The highest BCUT2D eigenvalue weighted by Gasteiger charge is 2.33. The molecule has 0 radical (unpaired) electrons. The van der Waals surface area contributed by atoms with Gasteiger partial charge in [-0.05, 0) is 24.6 Å². The van der Waals surface area contributed by atoms with Crippen LogP contribution in [0.25, 0.3) is 0 Å². The van der Waals surface area contributed by atoms with Crippen LogP contribution in [-0.4, -0.2) is 39.5 Å².